The molecular weight excluding hydrogens is 562 g/mol. The molecule has 1 aromatic heterocycles. The number of carbonyl (C=O) groups is 2. The third-order valence-electron chi connectivity index (χ3n) is 4.71. The summed E-state index contributed by atoms with van der Waals surface area (Å²) in [6, 6.07) is 9.49. The number of halogens is 9. The van der Waals surface area contributed by atoms with Crippen LogP contribution in [0.2, 0.25) is 10.0 Å². The lowest BCUT2D eigenvalue weighted by Gasteiger charge is -2.27. The average molecular weight is 574 g/mol. The van der Waals surface area contributed by atoms with E-state index in [1.54, 1.807) is 18.2 Å². The van der Waals surface area contributed by atoms with Crippen molar-refractivity contribution >= 4 is 67.8 Å². The number of hydrogen-bond acceptors (Lipinski definition) is 4. The fourth-order valence-electron chi connectivity index (χ4n) is 2.82. The lowest BCUT2D eigenvalue weighted by molar-refractivity contribution is -0.343. The molecule has 0 aliphatic rings. The van der Waals surface area contributed by atoms with E-state index in [1.165, 1.54) is 24.4 Å². The van der Waals surface area contributed by atoms with Crippen molar-refractivity contribution in [1.82, 2.24) is 5.43 Å². The van der Waals surface area contributed by atoms with E-state index < -0.39 is 35.5 Å². The van der Waals surface area contributed by atoms with E-state index in [0.717, 1.165) is 23.5 Å². The molecule has 0 spiro atoms. The van der Waals surface area contributed by atoms with Crippen LogP contribution in [0.3, 0.4) is 0 Å². The predicted molar refractivity (Wildman–Crippen MR) is 123 cm³/mol. The van der Waals surface area contributed by atoms with Gasteiger partial charge in [0.1, 0.15) is 4.88 Å². The minimum absolute atomic E-state index is 0.0714. The number of benzene rings is 2. The normalized spacial score (nSPS) is 13.1. The third-order valence-corrected chi connectivity index (χ3v) is 6.67. The fourth-order valence-corrected chi connectivity index (χ4v) is 4.66. The molecule has 15 heteroatoms. The van der Waals surface area contributed by atoms with Crippen molar-refractivity contribution < 1.29 is 40.3 Å². The number of thiophene rings is 1. The minimum atomic E-state index is -6.65. The lowest BCUT2D eigenvalue weighted by atomic mass is 10.1. The van der Waals surface area contributed by atoms with Gasteiger partial charge in [-0.3, -0.25) is 9.59 Å². The largest absolute Gasteiger partial charge is 0.460 e. The van der Waals surface area contributed by atoms with Gasteiger partial charge in [0, 0.05) is 15.8 Å². The Bertz CT molecular complexity index is 1370. The zero-order valence-corrected chi connectivity index (χ0v) is 19.9. The van der Waals surface area contributed by atoms with Crippen molar-refractivity contribution in [2.75, 3.05) is 5.32 Å². The number of nitrogens with zero attached hydrogens (tertiary/aromatic N) is 1. The van der Waals surface area contributed by atoms with Gasteiger partial charge in [-0.05, 0) is 36.8 Å². The van der Waals surface area contributed by atoms with Crippen LogP contribution in [0.1, 0.15) is 22.2 Å². The first-order valence-electron chi connectivity index (χ1n) is 9.53. The third kappa shape index (κ3) is 5.13. The van der Waals surface area contributed by atoms with Gasteiger partial charge in [0.05, 0.1) is 15.8 Å². The molecule has 0 saturated carbocycles. The molecule has 2 amide bonds. The van der Waals surface area contributed by atoms with Crippen LogP contribution < -0.4 is 10.7 Å². The van der Waals surface area contributed by atoms with Gasteiger partial charge < -0.3 is 5.32 Å². The molecule has 0 aliphatic carbocycles. The molecule has 2 N–H and O–H groups in total. The van der Waals surface area contributed by atoms with Gasteiger partial charge >= 0.3 is 23.9 Å². The summed E-state index contributed by atoms with van der Waals surface area (Å²) in [6.07, 6.45) is -6.65. The Labute approximate surface area is 211 Å². The van der Waals surface area contributed by atoms with Crippen molar-refractivity contribution in [1.29, 1.82) is 0 Å². The van der Waals surface area contributed by atoms with Gasteiger partial charge in [0.25, 0.3) is 5.91 Å². The molecule has 5 nitrogen and oxygen atoms in total. The summed E-state index contributed by atoms with van der Waals surface area (Å²) in [7, 11) is 0. The highest BCUT2D eigenvalue weighted by molar-refractivity contribution is 7.21. The zero-order chi connectivity index (χ0) is 27.1. The van der Waals surface area contributed by atoms with E-state index in [4.69, 9.17) is 23.2 Å². The molecule has 3 rings (SSSR count). The van der Waals surface area contributed by atoms with Gasteiger partial charge in [-0.2, -0.15) is 35.8 Å². The van der Waals surface area contributed by atoms with Crippen LogP contribution in [0.5, 0.6) is 0 Å². The number of alkyl halides is 7. The highest BCUT2D eigenvalue weighted by Gasteiger charge is 2.76. The van der Waals surface area contributed by atoms with E-state index in [-0.39, 0.29) is 21.2 Å². The first-order valence-corrected chi connectivity index (χ1v) is 11.1. The second-order valence-corrected chi connectivity index (χ2v) is 9.02. The van der Waals surface area contributed by atoms with Crippen LogP contribution in [-0.4, -0.2) is 35.5 Å². The molecule has 0 saturated heterocycles. The monoisotopic (exact) mass is 573 g/mol. The molecule has 0 bridgehead atoms. The van der Waals surface area contributed by atoms with Crippen molar-refractivity contribution in [3.8, 4) is 0 Å². The van der Waals surface area contributed by atoms with Crippen molar-refractivity contribution in [2.45, 2.75) is 24.9 Å². The average Bonchev–Trinajstić information content (AvgIpc) is 3.14. The highest BCUT2D eigenvalue weighted by atomic mass is 35.5. The second kappa shape index (κ2) is 9.87. The minimum Gasteiger partial charge on any atom is -0.321 e. The Hall–Kier alpha value is -2.90. The Morgan fingerprint density at radius 1 is 0.972 bits per heavy atom. The van der Waals surface area contributed by atoms with Gasteiger partial charge in [-0.1, -0.05) is 41.4 Å². The van der Waals surface area contributed by atoms with Crippen molar-refractivity contribution in [2.24, 2.45) is 5.10 Å². The van der Waals surface area contributed by atoms with Gasteiger partial charge in [0.15, 0.2) is 0 Å². The summed E-state index contributed by atoms with van der Waals surface area (Å²) < 4.78 is 90.9. The number of anilines is 1. The first-order chi connectivity index (χ1) is 16.6. The Morgan fingerprint density at radius 3 is 2.22 bits per heavy atom. The molecule has 0 atom stereocenters. The smallest absolute Gasteiger partial charge is 0.321 e. The SMILES string of the molecule is C/C(=N\NC(=O)c1sc2cccc(Cl)c2c1Cl)c1cccc(NC(=O)C(F)(F)C(F)(F)C(F)(F)F)c1. The topological polar surface area (TPSA) is 70.6 Å². The second-order valence-electron chi connectivity index (χ2n) is 7.18. The molecule has 2 aromatic carbocycles. The molecule has 0 aliphatic heterocycles. The highest BCUT2D eigenvalue weighted by Crippen LogP contribution is 2.47. The molecule has 0 unspecified atom stereocenters. The Morgan fingerprint density at radius 2 is 1.61 bits per heavy atom. The molecule has 0 fully saturated rings. The van der Waals surface area contributed by atoms with Gasteiger partial charge in [-0.25, -0.2) is 5.43 Å². The number of hydrogen-bond donors (Lipinski definition) is 2. The Kier molecular flexibility index (Phi) is 7.59. The summed E-state index contributed by atoms with van der Waals surface area (Å²) >= 11 is 13.4. The van der Waals surface area contributed by atoms with E-state index >= 15 is 0 Å². The van der Waals surface area contributed by atoms with E-state index in [9.17, 15) is 40.3 Å². The molecule has 36 heavy (non-hydrogen) atoms. The maximum Gasteiger partial charge on any atom is 0.460 e. The van der Waals surface area contributed by atoms with Crippen LogP contribution in [0.25, 0.3) is 10.1 Å². The molecule has 192 valence electrons. The standard InChI is InChI=1S/C21H12Cl2F7N3O2S/c1-9(32-33-17(34)16-15(23)14-12(22)6-3-7-13(14)36-16)10-4-2-5-11(8-10)31-18(35)19(24,25)20(26,27)21(28,29)30/h2-8H,1H3,(H,31,35)(H,33,34)/b32-9+. The van der Waals surface area contributed by atoms with Crippen molar-refractivity contribution in [3.05, 3.63) is 63.0 Å². The van der Waals surface area contributed by atoms with Gasteiger partial charge in [0.2, 0.25) is 0 Å². The number of rotatable bonds is 6. The molecular formula is C21H12Cl2F7N3O2S. The maximum absolute atomic E-state index is 13.6. The summed E-state index contributed by atoms with van der Waals surface area (Å²) in [6.45, 7) is 1.37. The summed E-state index contributed by atoms with van der Waals surface area (Å²) in [4.78, 5) is 24.2. The van der Waals surface area contributed by atoms with Crippen LogP contribution in [0, 0.1) is 0 Å². The number of carbonyl (C=O) groups excluding carboxylic acids is 2. The molecule has 1 heterocycles. The lowest BCUT2D eigenvalue weighted by Crippen LogP contribution is -2.57. The maximum atomic E-state index is 13.6. The van der Waals surface area contributed by atoms with Crippen LogP contribution in [-0.2, 0) is 4.79 Å². The van der Waals surface area contributed by atoms with E-state index in [1.807, 2.05) is 0 Å². The fraction of sp³-hybridized carbons (Fsp3) is 0.190. The van der Waals surface area contributed by atoms with Crippen LogP contribution in [0.15, 0.2) is 47.6 Å². The van der Waals surface area contributed by atoms with Crippen LogP contribution >= 0.6 is 34.5 Å². The summed E-state index contributed by atoms with van der Waals surface area (Å²) in [5.74, 6) is -16.2. The number of fused-ring (bicyclic) bond motifs is 1. The predicted octanol–water partition coefficient (Wildman–Crippen LogP) is 7.13. The number of amides is 2. The summed E-state index contributed by atoms with van der Waals surface area (Å²) in [5, 5.41) is 6.10. The zero-order valence-electron chi connectivity index (χ0n) is 17.6. The first kappa shape index (κ1) is 27.7. The van der Waals surface area contributed by atoms with E-state index in [0.29, 0.717) is 15.1 Å². The Balaban J connectivity index is 1.77. The van der Waals surface area contributed by atoms with Crippen LogP contribution in [0.4, 0.5) is 36.4 Å². The molecule has 0 radical (unpaired) electrons. The summed E-state index contributed by atoms with van der Waals surface area (Å²) in [5.41, 5.74) is 1.91. The molecule has 3 aromatic rings. The number of hydrazone groups is 1. The van der Waals surface area contributed by atoms with Crippen molar-refractivity contribution in [3.63, 3.8) is 0 Å². The van der Waals surface area contributed by atoms with E-state index in [2.05, 4.69) is 10.5 Å². The quantitative estimate of drug-likeness (QED) is 0.187. The number of nitrogens with one attached hydrogen (secondary N) is 2. The van der Waals surface area contributed by atoms with Gasteiger partial charge in [-0.15, -0.1) is 11.3 Å².